The number of rotatable bonds is 5. The molecule has 0 bridgehead atoms. The zero-order valence-electron chi connectivity index (χ0n) is 8.37. The van der Waals surface area contributed by atoms with Crippen LogP contribution in [0.2, 0.25) is 0 Å². The molecule has 4 nitrogen and oxygen atoms in total. The number of nitrogens with one attached hydrogen (secondary N) is 1. The molecular formula is C7H14F3NO3S. The Morgan fingerprint density at radius 3 is 2.13 bits per heavy atom. The number of alkyl halides is 3. The van der Waals surface area contributed by atoms with Gasteiger partial charge in [-0.3, -0.25) is 0 Å². The molecule has 0 aliphatic heterocycles. The number of aliphatic hydroxyl groups is 1. The Morgan fingerprint density at radius 1 is 1.33 bits per heavy atom. The monoisotopic (exact) mass is 249 g/mol. The van der Waals surface area contributed by atoms with Gasteiger partial charge in [0.1, 0.15) is 0 Å². The van der Waals surface area contributed by atoms with E-state index >= 15 is 0 Å². The van der Waals surface area contributed by atoms with E-state index in [1.165, 1.54) is 0 Å². The summed E-state index contributed by atoms with van der Waals surface area (Å²) in [5.41, 5.74) is 0. The molecule has 8 heteroatoms. The first-order valence-electron chi connectivity index (χ1n) is 4.26. The normalized spacial score (nSPS) is 15.7. The van der Waals surface area contributed by atoms with Crippen LogP contribution in [0.4, 0.5) is 13.2 Å². The van der Waals surface area contributed by atoms with Gasteiger partial charge in [0.25, 0.3) is 0 Å². The maximum atomic E-state index is 11.8. The molecule has 1 unspecified atom stereocenters. The van der Waals surface area contributed by atoms with E-state index in [1.807, 2.05) is 0 Å². The van der Waals surface area contributed by atoms with E-state index in [4.69, 9.17) is 5.11 Å². The second-order valence-electron chi connectivity index (χ2n) is 3.58. The van der Waals surface area contributed by atoms with Crippen molar-refractivity contribution in [3.8, 4) is 0 Å². The summed E-state index contributed by atoms with van der Waals surface area (Å²) in [6.07, 6.45) is -7.47. The maximum Gasteiger partial charge on any atom is 0.415 e. The van der Waals surface area contributed by atoms with Crippen molar-refractivity contribution in [3.05, 3.63) is 0 Å². The maximum absolute atomic E-state index is 11.8. The van der Waals surface area contributed by atoms with Gasteiger partial charge in [0.2, 0.25) is 10.0 Å². The van der Waals surface area contributed by atoms with E-state index in [1.54, 1.807) is 18.6 Å². The van der Waals surface area contributed by atoms with Crippen molar-refractivity contribution in [3.63, 3.8) is 0 Å². The lowest BCUT2D eigenvalue weighted by molar-refractivity contribution is -0.200. The highest BCUT2D eigenvalue weighted by atomic mass is 32.2. The van der Waals surface area contributed by atoms with Crippen LogP contribution in [0.15, 0.2) is 0 Å². The lowest BCUT2D eigenvalue weighted by Gasteiger charge is -2.15. The van der Waals surface area contributed by atoms with Gasteiger partial charge in [-0.25, -0.2) is 13.1 Å². The third kappa shape index (κ3) is 6.69. The van der Waals surface area contributed by atoms with E-state index in [0.29, 0.717) is 0 Å². The van der Waals surface area contributed by atoms with Crippen LogP contribution in [-0.2, 0) is 10.0 Å². The molecule has 0 radical (unpaired) electrons. The van der Waals surface area contributed by atoms with Gasteiger partial charge in [0.15, 0.2) is 6.10 Å². The van der Waals surface area contributed by atoms with Crippen molar-refractivity contribution in [1.29, 1.82) is 0 Å². The number of hydrogen-bond acceptors (Lipinski definition) is 3. The molecule has 0 fully saturated rings. The molecule has 0 heterocycles. The second-order valence-corrected chi connectivity index (χ2v) is 5.43. The zero-order valence-corrected chi connectivity index (χ0v) is 9.19. The van der Waals surface area contributed by atoms with Gasteiger partial charge in [-0.2, -0.15) is 13.2 Å². The van der Waals surface area contributed by atoms with Crippen LogP contribution >= 0.6 is 0 Å². The van der Waals surface area contributed by atoms with Gasteiger partial charge in [-0.05, 0) is 5.92 Å². The van der Waals surface area contributed by atoms with Gasteiger partial charge < -0.3 is 5.11 Å². The average molecular weight is 249 g/mol. The second kappa shape index (κ2) is 5.13. The van der Waals surface area contributed by atoms with Crippen LogP contribution in [0.1, 0.15) is 13.8 Å². The zero-order chi connectivity index (χ0) is 12.3. The Hall–Kier alpha value is -0.340. The highest BCUT2D eigenvalue weighted by Crippen LogP contribution is 2.19. The van der Waals surface area contributed by atoms with E-state index in [-0.39, 0.29) is 11.7 Å². The van der Waals surface area contributed by atoms with Crippen molar-refractivity contribution in [2.75, 3.05) is 12.3 Å². The van der Waals surface area contributed by atoms with Gasteiger partial charge in [-0.1, -0.05) is 13.8 Å². The standard InChI is InChI=1S/C7H14F3NO3S/c1-5(2)4-15(13,14)11-3-6(12)7(8,9)10/h5-6,11-12H,3-4H2,1-2H3. The van der Waals surface area contributed by atoms with Gasteiger partial charge in [-0.15, -0.1) is 0 Å². The Bertz CT molecular complexity index is 286. The van der Waals surface area contributed by atoms with Crippen LogP contribution in [0.3, 0.4) is 0 Å². The summed E-state index contributed by atoms with van der Waals surface area (Å²) in [7, 11) is -3.75. The first-order chi connectivity index (χ1) is 6.54. The van der Waals surface area contributed by atoms with Crippen LogP contribution < -0.4 is 4.72 Å². The number of halogens is 3. The molecule has 0 spiro atoms. The van der Waals surface area contributed by atoms with Gasteiger partial charge in [0, 0.05) is 6.54 Å². The number of sulfonamides is 1. The predicted octanol–water partition coefficient (Wildman–Crippen LogP) is 0.485. The minimum absolute atomic E-state index is 0.189. The molecule has 1 atom stereocenters. The van der Waals surface area contributed by atoms with Crippen LogP contribution in [0.5, 0.6) is 0 Å². The molecular weight excluding hydrogens is 235 g/mol. The molecule has 0 aliphatic rings. The Labute approximate surface area is 86.5 Å². The Kier molecular flexibility index (Phi) is 5.01. The quantitative estimate of drug-likeness (QED) is 0.745. The third-order valence-electron chi connectivity index (χ3n) is 1.43. The first kappa shape index (κ1) is 14.7. The molecule has 0 saturated heterocycles. The fraction of sp³-hybridized carbons (Fsp3) is 1.00. The summed E-state index contributed by atoms with van der Waals surface area (Å²) >= 11 is 0. The van der Waals surface area contributed by atoms with Crippen molar-refractivity contribution in [2.24, 2.45) is 5.92 Å². The molecule has 92 valence electrons. The van der Waals surface area contributed by atoms with E-state index in [9.17, 15) is 21.6 Å². The van der Waals surface area contributed by atoms with Crippen LogP contribution in [0, 0.1) is 5.92 Å². The largest absolute Gasteiger partial charge is 0.415 e. The van der Waals surface area contributed by atoms with Crippen molar-refractivity contribution >= 4 is 10.0 Å². The van der Waals surface area contributed by atoms with Crippen molar-refractivity contribution < 1.29 is 26.7 Å². The minimum Gasteiger partial charge on any atom is -0.382 e. The summed E-state index contributed by atoms with van der Waals surface area (Å²) < 4.78 is 59.3. The average Bonchev–Trinajstić information content (AvgIpc) is 1.95. The van der Waals surface area contributed by atoms with E-state index < -0.39 is 28.8 Å². The number of hydrogen-bond donors (Lipinski definition) is 2. The highest BCUT2D eigenvalue weighted by molar-refractivity contribution is 7.89. The summed E-state index contributed by atoms with van der Waals surface area (Å²) in [5, 5.41) is 8.53. The fourth-order valence-corrected chi connectivity index (χ4v) is 2.23. The highest BCUT2D eigenvalue weighted by Gasteiger charge is 2.38. The molecule has 0 aromatic heterocycles. The summed E-state index contributed by atoms with van der Waals surface area (Å²) in [5.74, 6) is -0.456. The van der Waals surface area contributed by atoms with Crippen LogP contribution in [-0.4, -0.2) is 38.1 Å². The van der Waals surface area contributed by atoms with E-state index in [0.717, 1.165) is 0 Å². The molecule has 0 saturated carbocycles. The van der Waals surface area contributed by atoms with Gasteiger partial charge in [0.05, 0.1) is 5.75 Å². The minimum atomic E-state index is -4.81. The molecule has 0 amide bonds. The summed E-state index contributed by atoms with van der Waals surface area (Å²) in [6, 6.07) is 0. The lowest BCUT2D eigenvalue weighted by atomic mass is 10.3. The third-order valence-corrected chi connectivity index (χ3v) is 3.14. The van der Waals surface area contributed by atoms with Crippen molar-refractivity contribution in [1.82, 2.24) is 4.72 Å². The van der Waals surface area contributed by atoms with Gasteiger partial charge >= 0.3 is 6.18 Å². The number of aliphatic hydroxyl groups excluding tert-OH is 1. The molecule has 0 rings (SSSR count). The summed E-state index contributed by atoms with van der Waals surface area (Å²) in [4.78, 5) is 0. The fourth-order valence-electron chi connectivity index (χ4n) is 0.819. The molecule has 0 aromatic rings. The van der Waals surface area contributed by atoms with E-state index in [2.05, 4.69) is 0 Å². The Morgan fingerprint density at radius 2 is 1.80 bits per heavy atom. The summed E-state index contributed by atoms with van der Waals surface area (Å²) in [6.45, 7) is 2.21. The predicted molar refractivity (Wildman–Crippen MR) is 48.7 cm³/mol. The van der Waals surface area contributed by atoms with Crippen molar-refractivity contribution in [2.45, 2.75) is 26.1 Å². The molecule has 0 aliphatic carbocycles. The molecule has 15 heavy (non-hydrogen) atoms. The molecule has 0 aromatic carbocycles. The first-order valence-corrected chi connectivity index (χ1v) is 5.92. The smallest absolute Gasteiger partial charge is 0.382 e. The Balaban J connectivity index is 4.17. The molecule has 2 N–H and O–H groups in total. The SMILES string of the molecule is CC(C)CS(=O)(=O)NCC(O)C(F)(F)F. The lowest BCUT2D eigenvalue weighted by Crippen LogP contribution is -2.41. The van der Waals surface area contributed by atoms with Crippen LogP contribution in [0.25, 0.3) is 0 Å². The topological polar surface area (TPSA) is 66.4 Å².